The second-order valence-corrected chi connectivity index (χ2v) is 24.1. The fourth-order valence-electron chi connectivity index (χ4n) is 7.39. The quantitative estimate of drug-likeness (QED) is 0.119. The van der Waals surface area contributed by atoms with Gasteiger partial charge in [0.05, 0.1) is 0 Å². The average molecular weight is 593 g/mol. The predicted molar refractivity (Wildman–Crippen MR) is 179 cm³/mol. The van der Waals surface area contributed by atoms with Gasteiger partial charge in [-0.25, -0.2) is 4.79 Å². The third-order valence-corrected chi connectivity index (χ3v) is 21.1. The van der Waals surface area contributed by atoms with Crippen LogP contribution in [0.3, 0.4) is 0 Å². The molecule has 0 amide bonds. The lowest BCUT2D eigenvalue weighted by Gasteiger charge is -2.44. The lowest BCUT2D eigenvalue weighted by molar-refractivity contribution is 0.0732. The van der Waals surface area contributed by atoms with E-state index in [0.717, 1.165) is 16.5 Å². The van der Waals surface area contributed by atoms with Crippen molar-refractivity contribution < 1.29 is 18.4 Å². The van der Waals surface area contributed by atoms with Gasteiger partial charge in [-0.15, -0.1) is 0 Å². The van der Waals surface area contributed by atoms with E-state index in [1.165, 1.54) is 0 Å². The molecular formula is C35H52O4Si2. The van der Waals surface area contributed by atoms with Crippen molar-refractivity contribution in [2.75, 3.05) is 0 Å². The van der Waals surface area contributed by atoms with Crippen LogP contribution in [0.5, 0.6) is 17.2 Å². The Morgan fingerprint density at radius 2 is 0.976 bits per heavy atom. The monoisotopic (exact) mass is 592 g/mol. The summed E-state index contributed by atoms with van der Waals surface area (Å²) in [5.74, 6) is 1.46. The van der Waals surface area contributed by atoms with Gasteiger partial charge in [0.25, 0.3) is 16.6 Å². The molecule has 6 heteroatoms. The van der Waals surface area contributed by atoms with Gasteiger partial charge in [0.1, 0.15) is 22.8 Å². The highest BCUT2D eigenvalue weighted by Crippen LogP contribution is 2.49. The van der Waals surface area contributed by atoms with Gasteiger partial charge < -0.3 is 13.6 Å². The maximum atomic E-state index is 14.1. The van der Waals surface area contributed by atoms with E-state index in [4.69, 9.17) is 13.6 Å². The molecule has 0 aliphatic carbocycles. The lowest BCUT2D eigenvalue weighted by atomic mass is 10.0. The molecule has 3 aromatic rings. The summed E-state index contributed by atoms with van der Waals surface area (Å²) in [6, 6.07) is 19.4. The molecule has 3 rings (SSSR count). The van der Waals surface area contributed by atoms with Crippen LogP contribution in [0.1, 0.15) is 93.4 Å². The van der Waals surface area contributed by atoms with Crippen molar-refractivity contribution in [1.82, 2.24) is 0 Å². The van der Waals surface area contributed by atoms with E-state index in [1.807, 2.05) is 36.4 Å². The zero-order valence-corrected chi connectivity index (χ0v) is 29.4. The molecule has 0 saturated carbocycles. The van der Waals surface area contributed by atoms with Gasteiger partial charge in [0, 0.05) is 10.8 Å². The van der Waals surface area contributed by atoms with Crippen LogP contribution in [0, 0.1) is 0 Å². The van der Waals surface area contributed by atoms with Crippen molar-refractivity contribution in [1.29, 1.82) is 0 Å². The molecule has 0 unspecified atom stereocenters. The molecule has 0 radical (unpaired) electrons. The van der Waals surface area contributed by atoms with E-state index in [-0.39, 0.29) is 0 Å². The van der Waals surface area contributed by atoms with Gasteiger partial charge in [-0.3, -0.25) is 0 Å². The minimum Gasteiger partial charge on any atom is -0.542 e. The van der Waals surface area contributed by atoms with Gasteiger partial charge in [0.15, 0.2) is 0 Å². The van der Waals surface area contributed by atoms with Crippen LogP contribution in [0.2, 0.25) is 33.2 Å². The molecular weight excluding hydrogens is 541 g/mol. The highest BCUT2D eigenvalue weighted by Gasteiger charge is 2.49. The summed E-state index contributed by atoms with van der Waals surface area (Å²) in [7, 11) is -4.73. The van der Waals surface area contributed by atoms with Crippen LogP contribution in [-0.2, 0) is 0 Å². The number of hydrogen-bond donors (Lipinski definition) is 0. The Morgan fingerprint density at radius 1 is 0.561 bits per heavy atom. The summed E-state index contributed by atoms with van der Waals surface area (Å²) in [5, 5.41) is 1.89. The number of esters is 1. The second kappa shape index (κ2) is 13.2. The summed E-state index contributed by atoms with van der Waals surface area (Å²) in [4.78, 5) is 14.1. The Hall–Kier alpha value is -2.58. The average Bonchev–Trinajstić information content (AvgIpc) is 2.89. The van der Waals surface area contributed by atoms with E-state index in [9.17, 15) is 4.79 Å². The number of para-hydroxylation sites is 1. The summed E-state index contributed by atoms with van der Waals surface area (Å²) >= 11 is 0. The normalized spacial score (nSPS) is 12.8. The standard InChI is InChI=1S/C35H52O4Si2/c1-23(2)40(24(3)4,25(5)6)38-33-22-32(35(36)37-29-18-14-13-15-19-29)34(31-21-17-16-20-30(31)33)39-41(26(7)8,27(9)10)28(11)12/h13-28H,1-12H3. The Labute approximate surface area is 251 Å². The maximum absolute atomic E-state index is 14.1. The zero-order valence-electron chi connectivity index (χ0n) is 27.4. The molecule has 41 heavy (non-hydrogen) atoms. The Kier molecular flexibility index (Phi) is 10.6. The molecule has 0 bridgehead atoms. The van der Waals surface area contributed by atoms with Crippen LogP contribution in [0.15, 0.2) is 60.7 Å². The fraction of sp³-hybridized carbons (Fsp3) is 0.514. The molecule has 3 aromatic carbocycles. The molecule has 0 aromatic heterocycles. The van der Waals surface area contributed by atoms with Gasteiger partial charge >= 0.3 is 5.97 Å². The predicted octanol–water partition coefficient (Wildman–Crippen LogP) is 11.2. The van der Waals surface area contributed by atoms with Crippen molar-refractivity contribution in [2.45, 2.75) is 116 Å². The Morgan fingerprint density at radius 3 is 1.44 bits per heavy atom. The van der Waals surface area contributed by atoms with E-state index in [0.29, 0.717) is 50.3 Å². The first-order valence-electron chi connectivity index (χ1n) is 15.4. The first kappa shape index (κ1) is 32.9. The molecule has 0 N–H and O–H groups in total. The number of fused-ring (bicyclic) bond motifs is 1. The lowest BCUT2D eigenvalue weighted by Crippen LogP contribution is -2.51. The molecule has 224 valence electrons. The van der Waals surface area contributed by atoms with Crippen molar-refractivity contribution in [3.63, 3.8) is 0 Å². The Balaban J connectivity index is 2.38. The number of benzene rings is 3. The summed E-state index contributed by atoms with van der Waals surface area (Å²) in [6.45, 7) is 27.3. The van der Waals surface area contributed by atoms with Gasteiger partial charge in [-0.2, -0.15) is 0 Å². The van der Waals surface area contributed by atoms with E-state index < -0.39 is 22.6 Å². The SMILES string of the molecule is CC(C)[Si](Oc1cc(C(=O)Oc2ccccc2)c(O[Si](C(C)C)(C(C)C)C(C)C)c2ccccc12)(C(C)C)C(C)C. The molecule has 0 atom stereocenters. The summed E-state index contributed by atoms with van der Waals surface area (Å²) < 4.78 is 20.5. The number of carbonyl (C=O) groups excluding carboxylic acids is 1. The highest BCUT2D eigenvalue weighted by atomic mass is 28.4. The molecule has 4 nitrogen and oxygen atoms in total. The largest absolute Gasteiger partial charge is 0.542 e. The number of carbonyl (C=O) groups is 1. The van der Waals surface area contributed by atoms with Crippen molar-refractivity contribution in [3.8, 4) is 17.2 Å². The van der Waals surface area contributed by atoms with Crippen LogP contribution < -0.4 is 13.6 Å². The van der Waals surface area contributed by atoms with Crippen LogP contribution in [0.4, 0.5) is 0 Å². The maximum Gasteiger partial charge on any atom is 0.347 e. The number of hydrogen-bond acceptors (Lipinski definition) is 4. The minimum atomic E-state index is -2.41. The second-order valence-electron chi connectivity index (χ2n) is 13.3. The topological polar surface area (TPSA) is 44.8 Å². The van der Waals surface area contributed by atoms with Crippen LogP contribution in [0.25, 0.3) is 10.8 Å². The first-order valence-corrected chi connectivity index (χ1v) is 19.7. The van der Waals surface area contributed by atoms with Crippen molar-refractivity contribution >= 4 is 33.4 Å². The van der Waals surface area contributed by atoms with Gasteiger partial charge in [-0.05, 0) is 51.4 Å². The Bertz CT molecular complexity index is 1270. The van der Waals surface area contributed by atoms with Gasteiger partial charge in [-0.1, -0.05) is 126 Å². The third-order valence-electron chi connectivity index (χ3n) is 9.11. The van der Waals surface area contributed by atoms with Crippen LogP contribution >= 0.6 is 0 Å². The van der Waals surface area contributed by atoms with Gasteiger partial charge in [0.2, 0.25) is 0 Å². The molecule has 0 saturated heterocycles. The highest BCUT2D eigenvalue weighted by molar-refractivity contribution is 6.79. The van der Waals surface area contributed by atoms with E-state index in [1.54, 1.807) is 12.1 Å². The zero-order chi connectivity index (χ0) is 30.7. The smallest absolute Gasteiger partial charge is 0.347 e. The van der Waals surface area contributed by atoms with Crippen molar-refractivity contribution in [2.24, 2.45) is 0 Å². The minimum absolute atomic E-state index is 0.345. The molecule has 0 aliphatic rings. The fourth-order valence-corrected chi connectivity index (χ4v) is 17.9. The molecule has 0 spiro atoms. The number of ether oxygens (including phenoxy) is 1. The third kappa shape index (κ3) is 6.29. The first-order chi connectivity index (χ1) is 19.2. The summed E-state index contributed by atoms with van der Waals surface area (Å²) in [5.41, 5.74) is 2.63. The van der Waals surface area contributed by atoms with E-state index in [2.05, 4.69) is 95.2 Å². The molecule has 0 fully saturated rings. The molecule has 0 heterocycles. The van der Waals surface area contributed by atoms with Crippen molar-refractivity contribution in [3.05, 3.63) is 66.2 Å². The van der Waals surface area contributed by atoms with E-state index >= 15 is 0 Å². The number of rotatable bonds is 12. The summed E-state index contributed by atoms with van der Waals surface area (Å²) in [6.07, 6.45) is 0. The molecule has 0 aliphatic heterocycles. The van der Waals surface area contributed by atoms with Crippen LogP contribution in [-0.4, -0.2) is 22.6 Å².